The average Bonchev–Trinajstić information content (AvgIpc) is 2.51. The number of carbonyl (C=O) groups excluding carboxylic acids is 1. The van der Waals surface area contributed by atoms with Gasteiger partial charge in [-0.1, -0.05) is 32.4 Å². The third kappa shape index (κ3) is 5.52. The number of ether oxygens (including phenoxy) is 1. The molecule has 1 N–H and O–H groups in total. The molecule has 0 radical (unpaired) electrons. The van der Waals surface area contributed by atoms with E-state index in [1.807, 2.05) is 13.0 Å². The molecule has 1 amide bonds. The maximum atomic E-state index is 11.9. The van der Waals surface area contributed by atoms with Crippen LogP contribution in [0.2, 0.25) is 5.02 Å². The highest BCUT2D eigenvalue weighted by molar-refractivity contribution is 6.30. The first-order valence-electron chi connectivity index (χ1n) is 8.49. The summed E-state index contributed by atoms with van der Waals surface area (Å²) in [6.45, 7) is 8.71. The monoisotopic (exact) mass is 350 g/mol. The van der Waals surface area contributed by atoms with Crippen molar-refractivity contribution in [3.05, 3.63) is 28.8 Å². The quantitative estimate of drug-likeness (QED) is 0.797. The van der Waals surface area contributed by atoms with E-state index in [0.29, 0.717) is 16.2 Å². The van der Waals surface area contributed by atoms with Crippen LogP contribution >= 0.6 is 11.6 Å². The van der Waals surface area contributed by atoms with Crippen LogP contribution in [0.15, 0.2) is 23.3 Å². The van der Waals surface area contributed by atoms with Crippen LogP contribution in [-0.2, 0) is 4.79 Å². The van der Waals surface area contributed by atoms with Crippen molar-refractivity contribution in [3.63, 3.8) is 0 Å². The van der Waals surface area contributed by atoms with E-state index < -0.39 is 0 Å². The van der Waals surface area contributed by atoms with Crippen molar-refractivity contribution < 1.29 is 9.53 Å². The summed E-state index contributed by atoms with van der Waals surface area (Å²) in [5.74, 6) is 1.14. The predicted octanol–water partition coefficient (Wildman–Crippen LogP) is 4.74. The van der Waals surface area contributed by atoms with Gasteiger partial charge >= 0.3 is 0 Å². The number of nitrogens with one attached hydrogen (secondary N) is 1. The second-order valence-corrected chi connectivity index (χ2v) is 7.99. The number of benzene rings is 1. The lowest BCUT2D eigenvalue weighted by Gasteiger charge is -2.34. The molecule has 0 spiro atoms. The minimum Gasteiger partial charge on any atom is -0.483 e. The SMILES string of the molecule is Cc1cc(Cl)ccc1OCC(=O)NN=C1CCC(C(C)(C)C)CC1. The Balaban J connectivity index is 1.77. The Hall–Kier alpha value is -1.55. The van der Waals surface area contributed by atoms with Gasteiger partial charge in [-0.25, -0.2) is 5.43 Å². The molecule has 0 saturated heterocycles. The van der Waals surface area contributed by atoms with Crippen molar-refractivity contribution >= 4 is 23.2 Å². The summed E-state index contributed by atoms with van der Waals surface area (Å²) >= 11 is 5.90. The minimum absolute atomic E-state index is 0.0517. The maximum absolute atomic E-state index is 11.9. The lowest BCUT2D eigenvalue weighted by molar-refractivity contribution is -0.123. The fraction of sp³-hybridized carbons (Fsp3) is 0.579. The number of nitrogens with zero attached hydrogens (tertiary/aromatic N) is 1. The van der Waals surface area contributed by atoms with Crippen LogP contribution in [0.1, 0.15) is 52.0 Å². The molecule has 0 atom stereocenters. The van der Waals surface area contributed by atoms with Crippen molar-refractivity contribution in [1.29, 1.82) is 0 Å². The zero-order valence-electron chi connectivity index (χ0n) is 15.0. The van der Waals surface area contributed by atoms with E-state index in [4.69, 9.17) is 16.3 Å². The van der Waals surface area contributed by atoms with Crippen LogP contribution in [0.4, 0.5) is 0 Å². The average molecular weight is 351 g/mol. The molecule has 0 unspecified atom stereocenters. The third-order valence-electron chi connectivity index (χ3n) is 4.62. The van der Waals surface area contributed by atoms with Crippen LogP contribution in [0.3, 0.4) is 0 Å². The Kier molecular flexibility index (Phi) is 6.27. The van der Waals surface area contributed by atoms with E-state index in [9.17, 15) is 4.79 Å². The Bertz CT molecular complexity index is 610. The lowest BCUT2D eigenvalue weighted by Crippen LogP contribution is -2.29. The highest BCUT2D eigenvalue weighted by Gasteiger charge is 2.28. The van der Waals surface area contributed by atoms with Gasteiger partial charge in [0.15, 0.2) is 6.61 Å². The third-order valence-corrected chi connectivity index (χ3v) is 4.86. The standard InChI is InChI=1S/C19H27ClN2O2/c1-13-11-15(20)7-10-17(13)24-12-18(23)22-21-16-8-5-14(6-9-16)19(2,3)4/h7,10-11,14H,5-6,8-9,12H2,1-4H3,(H,22,23). The highest BCUT2D eigenvalue weighted by atomic mass is 35.5. The van der Waals surface area contributed by atoms with E-state index in [1.165, 1.54) is 0 Å². The summed E-state index contributed by atoms with van der Waals surface area (Å²) < 4.78 is 5.52. The van der Waals surface area contributed by atoms with Crippen LogP contribution in [0.25, 0.3) is 0 Å². The molecule has 0 bridgehead atoms. The molecule has 1 aromatic rings. The number of rotatable bonds is 4. The zero-order valence-corrected chi connectivity index (χ0v) is 15.7. The second kappa shape index (κ2) is 8.02. The molecule has 4 nitrogen and oxygen atoms in total. The van der Waals surface area contributed by atoms with Gasteiger partial charge in [-0.15, -0.1) is 0 Å². The van der Waals surface area contributed by atoms with Crippen LogP contribution in [-0.4, -0.2) is 18.2 Å². The normalized spacial score (nSPS) is 18.2. The van der Waals surface area contributed by atoms with Crippen molar-refractivity contribution in [1.82, 2.24) is 5.43 Å². The molecule has 1 aliphatic rings. The molecule has 132 valence electrons. The topological polar surface area (TPSA) is 50.7 Å². The molecule has 24 heavy (non-hydrogen) atoms. The smallest absolute Gasteiger partial charge is 0.277 e. The molecule has 0 heterocycles. The van der Waals surface area contributed by atoms with Gasteiger partial charge in [-0.3, -0.25) is 4.79 Å². The molecule has 2 rings (SSSR count). The number of carbonyl (C=O) groups is 1. The maximum Gasteiger partial charge on any atom is 0.277 e. The molecule has 1 aliphatic carbocycles. The molecule has 1 saturated carbocycles. The summed E-state index contributed by atoms with van der Waals surface area (Å²) in [6.07, 6.45) is 4.19. The minimum atomic E-state index is -0.241. The van der Waals surface area contributed by atoms with Crippen molar-refractivity contribution in [2.24, 2.45) is 16.4 Å². The van der Waals surface area contributed by atoms with Crippen LogP contribution in [0.5, 0.6) is 5.75 Å². The fourth-order valence-corrected chi connectivity index (χ4v) is 3.25. The molecule has 0 aliphatic heterocycles. The largest absolute Gasteiger partial charge is 0.483 e. The number of hydrogen-bond donors (Lipinski definition) is 1. The molecular formula is C19H27ClN2O2. The first-order valence-corrected chi connectivity index (χ1v) is 8.86. The van der Waals surface area contributed by atoms with Gasteiger partial charge in [-0.05, 0) is 67.7 Å². The highest BCUT2D eigenvalue weighted by Crippen LogP contribution is 2.36. The van der Waals surface area contributed by atoms with Gasteiger partial charge in [0.2, 0.25) is 0 Å². The van der Waals surface area contributed by atoms with Crippen molar-refractivity contribution in [2.75, 3.05) is 6.61 Å². The summed E-state index contributed by atoms with van der Waals surface area (Å²) in [6, 6.07) is 5.32. The fourth-order valence-electron chi connectivity index (χ4n) is 3.02. The van der Waals surface area contributed by atoms with Gasteiger partial charge in [0.05, 0.1) is 0 Å². The Labute approximate surface area is 149 Å². The number of aryl methyl sites for hydroxylation is 1. The Morgan fingerprint density at radius 3 is 2.58 bits per heavy atom. The Morgan fingerprint density at radius 2 is 2.00 bits per heavy atom. The zero-order chi connectivity index (χ0) is 17.7. The van der Waals surface area contributed by atoms with E-state index >= 15 is 0 Å². The van der Waals surface area contributed by atoms with E-state index in [-0.39, 0.29) is 12.5 Å². The van der Waals surface area contributed by atoms with E-state index in [0.717, 1.165) is 42.9 Å². The van der Waals surface area contributed by atoms with Crippen molar-refractivity contribution in [3.8, 4) is 5.75 Å². The number of hydrogen-bond acceptors (Lipinski definition) is 3. The van der Waals surface area contributed by atoms with Crippen LogP contribution < -0.4 is 10.2 Å². The van der Waals surface area contributed by atoms with Gasteiger partial charge in [-0.2, -0.15) is 5.10 Å². The summed E-state index contributed by atoms with van der Waals surface area (Å²) in [7, 11) is 0. The first kappa shape index (κ1) is 18.8. The molecular weight excluding hydrogens is 324 g/mol. The first-order chi connectivity index (χ1) is 11.3. The second-order valence-electron chi connectivity index (χ2n) is 7.55. The summed E-state index contributed by atoms with van der Waals surface area (Å²) in [4.78, 5) is 11.9. The van der Waals surface area contributed by atoms with Gasteiger partial charge in [0.25, 0.3) is 5.91 Å². The summed E-state index contributed by atoms with van der Waals surface area (Å²) in [5.41, 5.74) is 4.93. The summed E-state index contributed by atoms with van der Waals surface area (Å²) in [5, 5.41) is 4.92. The number of hydrazone groups is 1. The van der Waals surface area contributed by atoms with Gasteiger partial charge in [0, 0.05) is 10.7 Å². The Morgan fingerprint density at radius 1 is 1.33 bits per heavy atom. The van der Waals surface area contributed by atoms with Gasteiger partial charge < -0.3 is 4.74 Å². The van der Waals surface area contributed by atoms with E-state index in [1.54, 1.807) is 12.1 Å². The molecule has 5 heteroatoms. The molecule has 1 aromatic carbocycles. The number of amides is 1. The lowest BCUT2D eigenvalue weighted by atomic mass is 9.72. The molecule has 0 aromatic heterocycles. The number of halogens is 1. The van der Waals surface area contributed by atoms with Gasteiger partial charge in [0.1, 0.15) is 5.75 Å². The van der Waals surface area contributed by atoms with E-state index in [2.05, 4.69) is 31.3 Å². The predicted molar refractivity (Wildman–Crippen MR) is 98.7 cm³/mol. The van der Waals surface area contributed by atoms with Crippen molar-refractivity contribution in [2.45, 2.75) is 53.4 Å². The molecule has 1 fully saturated rings. The van der Waals surface area contributed by atoms with Crippen LogP contribution in [0, 0.1) is 18.3 Å².